The number of fused-ring (bicyclic) bond motifs is 1. The highest BCUT2D eigenvalue weighted by Gasteiger charge is 2.24. The van der Waals surface area contributed by atoms with Crippen LogP contribution in [0.25, 0.3) is 10.9 Å². The van der Waals surface area contributed by atoms with Gasteiger partial charge in [-0.1, -0.05) is 30.3 Å². The third kappa shape index (κ3) is 4.62. The van der Waals surface area contributed by atoms with Crippen molar-refractivity contribution >= 4 is 16.8 Å². The minimum Gasteiger partial charge on any atom is -0.497 e. The number of amides is 1. The Morgan fingerprint density at radius 2 is 1.83 bits per heavy atom. The molecule has 1 aliphatic heterocycles. The molecule has 0 saturated carbocycles. The Bertz CT molecular complexity index is 942. The fraction of sp³-hybridized carbons (Fsp3) is 0.375. The van der Waals surface area contributed by atoms with Crippen LogP contribution in [-0.4, -0.2) is 42.1 Å². The minimum absolute atomic E-state index is 0.0977. The highest BCUT2D eigenvalue weighted by molar-refractivity contribution is 5.80. The number of rotatable bonds is 8. The average Bonchev–Trinajstić information content (AvgIpc) is 3.43. The lowest BCUT2D eigenvalue weighted by molar-refractivity contribution is -0.121. The molecule has 1 fully saturated rings. The van der Waals surface area contributed by atoms with Crippen LogP contribution in [0.4, 0.5) is 0 Å². The van der Waals surface area contributed by atoms with E-state index in [1.165, 1.54) is 29.3 Å². The largest absolute Gasteiger partial charge is 0.497 e. The Morgan fingerprint density at radius 1 is 1.07 bits per heavy atom. The summed E-state index contributed by atoms with van der Waals surface area (Å²) in [6, 6.07) is 18.8. The second-order valence-corrected chi connectivity index (χ2v) is 7.65. The standard InChI is InChI=1S/C24H29N3O2/c1-29-21-10-8-20(9-11-21)23(26-14-4-5-15-26)18-25-24(28)13-17-27-16-12-19-6-2-3-7-22(19)27/h2-3,6-12,16,23H,4-5,13-15,17-18H2,1H3,(H,25,28). The molecule has 1 unspecified atom stereocenters. The fourth-order valence-electron chi connectivity index (χ4n) is 4.19. The molecule has 0 spiro atoms. The van der Waals surface area contributed by atoms with Crippen LogP contribution in [0.15, 0.2) is 60.8 Å². The molecule has 5 nitrogen and oxygen atoms in total. The molecular formula is C24H29N3O2. The first-order valence-corrected chi connectivity index (χ1v) is 10.4. The zero-order valence-electron chi connectivity index (χ0n) is 17.0. The molecular weight excluding hydrogens is 362 g/mol. The molecule has 0 bridgehead atoms. The zero-order chi connectivity index (χ0) is 20.1. The zero-order valence-corrected chi connectivity index (χ0v) is 17.0. The SMILES string of the molecule is COc1ccc(C(CNC(=O)CCn2ccc3ccccc32)N2CCCC2)cc1. The molecule has 1 aromatic heterocycles. The van der Waals surface area contributed by atoms with Crippen molar-refractivity contribution < 1.29 is 9.53 Å². The number of methoxy groups -OCH3 is 1. The van der Waals surface area contributed by atoms with Crippen LogP contribution in [0.5, 0.6) is 5.75 Å². The number of aryl methyl sites for hydroxylation is 1. The number of hydrogen-bond acceptors (Lipinski definition) is 3. The summed E-state index contributed by atoms with van der Waals surface area (Å²) in [4.78, 5) is 15.0. The summed E-state index contributed by atoms with van der Waals surface area (Å²) in [5.74, 6) is 0.956. The molecule has 1 N–H and O–H groups in total. The molecule has 152 valence electrons. The second kappa shape index (κ2) is 9.14. The van der Waals surface area contributed by atoms with Gasteiger partial charge in [-0.25, -0.2) is 0 Å². The van der Waals surface area contributed by atoms with E-state index in [0.29, 0.717) is 19.5 Å². The van der Waals surface area contributed by atoms with Gasteiger partial charge in [0.15, 0.2) is 0 Å². The van der Waals surface area contributed by atoms with Crippen molar-refractivity contribution in [3.8, 4) is 5.75 Å². The van der Waals surface area contributed by atoms with Gasteiger partial charge in [-0.3, -0.25) is 9.69 Å². The van der Waals surface area contributed by atoms with Crippen molar-refractivity contribution in [2.24, 2.45) is 0 Å². The number of para-hydroxylation sites is 1. The number of aromatic nitrogens is 1. The molecule has 29 heavy (non-hydrogen) atoms. The van der Waals surface area contributed by atoms with Crippen LogP contribution in [0.1, 0.15) is 30.9 Å². The number of ether oxygens (including phenoxy) is 1. The van der Waals surface area contributed by atoms with Crippen LogP contribution < -0.4 is 10.1 Å². The number of carbonyl (C=O) groups excluding carboxylic acids is 1. The predicted molar refractivity (Wildman–Crippen MR) is 116 cm³/mol. The van der Waals surface area contributed by atoms with Crippen molar-refractivity contribution in [1.82, 2.24) is 14.8 Å². The molecule has 2 aromatic carbocycles. The molecule has 1 saturated heterocycles. The molecule has 1 atom stereocenters. The Morgan fingerprint density at radius 3 is 2.59 bits per heavy atom. The van der Waals surface area contributed by atoms with Gasteiger partial charge in [0.2, 0.25) is 5.91 Å². The maximum Gasteiger partial charge on any atom is 0.221 e. The van der Waals surface area contributed by atoms with Gasteiger partial charge in [0.05, 0.1) is 13.2 Å². The van der Waals surface area contributed by atoms with Crippen LogP contribution in [0, 0.1) is 0 Å². The number of likely N-dealkylation sites (tertiary alicyclic amines) is 1. The molecule has 5 heteroatoms. The number of benzene rings is 2. The van der Waals surface area contributed by atoms with E-state index in [1.807, 2.05) is 24.3 Å². The average molecular weight is 392 g/mol. The van der Waals surface area contributed by atoms with Crippen LogP contribution in [0.3, 0.4) is 0 Å². The second-order valence-electron chi connectivity index (χ2n) is 7.65. The normalized spacial score (nSPS) is 15.5. The first-order chi connectivity index (χ1) is 14.2. The molecule has 0 aliphatic carbocycles. The Balaban J connectivity index is 1.36. The first-order valence-electron chi connectivity index (χ1n) is 10.4. The number of nitrogens with zero attached hydrogens (tertiary/aromatic N) is 2. The molecule has 0 radical (unpaired) electrons. The summed E-state index contributed by atoms with van der Waals surface area (Å²) < 4.78 is 7.43. The maximum absolute atomic E-state index is 12.6. The minimum atomic E-state index is 0.0977. The first kappa shape index (κ1) is 19.5. The van der Waals surface area contributed by atoms with E-state index in [9.17, 15) is 4.79 Å². The Labute approximate surface area is 172 Å². The smallest absolute Gasteiger partial charge is 0.221 e. The van der Waals surface area contributed by atoms with E-state index in [4.69, 9.17) is 4.74 Å². The lowest BCUT2D eigenvalue weighted by atomic mass is 10.1. The number of hydrogen-bond donors (Lipinski definition) is 1. The molecule has 4 rings (SSSR count). The van der Waals surface area contributed by atoms with Gasteiger partial charge in [-0.2, -0.15) is 0 Å². The lowest BCUT2D eigenvalue weighted by Gasteiger charge is -2.28. The summed E-state index contributed by atoms with van der Waals surface area (Å²) in [6.45, 7) is 3.50. The van der Waals surface area contributed by atoms with E-state index in [-0.39, 0.29) is 11.9 Å². The number of nitrogens with one attached hydrogen (secondary N) is 1. The number of carbonyl (C=O) groups is 1. The van der Waals surface area contributed by atoms with Gasteiger partial charge in [0.1, 0.15) is 5.75 Å². The molecule has 3 aromatic rings. The van der Waals surface area contributed by atoms with E-state index in [0.717, 1.165) is 18.8 Å². The summed E-state index contributed by atoms with van der Waals surface area (Å²) in [7, 11) is 1.68. The van der Waals surface area contributed by atoms with Gasteiger partial charge in [0.25, 0.3) is 0 Å². The van der Waals surface area contributed by atoms with E-state index >= 15 is 0 Å². The van der Waals surface area contributed by atoms with Gasteiger partial charge in [-0.05, 0) is 61.1 Å². The molecule has 2 heterocycles. The van der Waals surface area contributed by atoms with Crippen molar-refractivity contribution in [1.29, 1.82) is 0 Å². The molecule has 1 aliphatic rings. The summed E-state index contributed by atoms with van der Waals surface area (Å²) in [6.07, 6.45) is 4.99. The highest BCUT2D eigenvalue weighted by Crippen LogP contribution is 2.26. The monoisotopic (exact) mass is 391 g/mol. The van der Waals surface area contributed by atoms with Crippen LogP contribution in [-0.2, 0) is 11.3 Å². The van der Waals surface area contributed by atoms with Crippen LogP contribution >= 0.6 is 0 Å². The predicted octanol–water partition coefficient (Wildman–Crippen LogP) is 3.99. The maximum atomic E-state index is 12.6. The topological polar surface area (TPSA) is 46.5 Å². The third-order valence-corrected chi connectivity index (χ3v) is 5.83. The van der Waals surface area contributed by atoms with Crippen LogP contribution in [0.2, 0.25) is 0 Å². The molecule has 1 amide bonds. The third-order valence-electron chi connectivity index (χ3n) is 5.83. The van der Waals surface area contributed by atoms with Crippen molar-refractivity contribution in [2.75, 3.05) is 26.7 Å². The Kier molecular flexibility index (Phi) is 6.15. The van der Waals surface area contributed by atoms with Crippen molar-refractivity contribution in [3.05, 3.63) is 66.4 Å². The van der Waals surface area contributed by atoms with Crippen molar-refractivity contribution in [2.45, 2.75) is 31.8 Å². The van der Waals surface area contributed by atoms with Gasteiger partial charge >= 0.3 is 0 Å². The Hall–Kier alpha value is -2.79. The fourth-order valence-corrected chi connectivity index (χ4v) is 4.19. The summed E-state index contributed by atoms with van der Waals surface area (Å²) in [5, 5.41) is 4.38. The van der Waals surface area contributed by atoms with Gasteiger partial charge in [0, 0.05) is 31.2 Å². The van der Waals surface area contributed by atoms with E-state index in [2.05, 4.69) is 51.3 Å². The lowest BCUT2D eigenvalue weighted by Crippen LogP contribution is -2.37. The van der Waals surface area contributed by atoms with Gasteiger partial charge < -0.3 is 14.6 Å². The van der Waals surface area contributed by atoms with Crippen molar-refractivity contribution in [3.63, 3.8) is 0 Å². The summed E-state index contributed by atoms with van der Waals surface area (Å²) >= 11 is 0. The van der Waals surface area contributed by atoms with Gasteiger partial charge in [-0.15, -0.1) is 0 Å². The quantitative estimate of drug-likeness (QED) is 0.631. The highest BCUT2D eigenvalue weighted by atomic mass is 16.5. The summed E-state index contributed by atoms with van der Waals surface area (Å²) in [5.41, 5.74) is 2.40. The van der Waals surface area contributed by atoms with E-state index < -0.39 is 0 Å². The van der Waals surface area contributed by atoms with E-state index in [1.54, 1.807) is 7.11 Å².